The number of pyridine rings is 1. The Labute approximate surface area is 157 Å². The van der Waals surface area contributed by atoms with E-state index in [1.807, 2.05) is 46.0 Å². The smallest absolute Gasteiger partial charge is 0.210 e. The first kappa shape index (κ1) is 19.6. The molecule has 0 saturated carbocycles. The summed E-state index contributed by atoms with van der Waals surface area (Å²) in [5, 5.41) is 26.7. The van der Waals surface area contributed by atoms with E-state index in [-0.39, 0.29) is 11.6 Å². The number of aliphatic imine (C=N–C) groups is 1. The van der Waals surface area contributed by atoms with E-state index in [4.69, 9.17) is 5.26 Å². The first-order valence-corrected chi connectivity index (χ1v) is 9.05. The second-order valence-electron chi connectivity index (χ2n) is 7.52. The van der Waals surface area contributed by atoms with Gasteiger partial charge >= 0.3 is 0 Å². The minimum atomic E-state index is -0.417. The summed E-state index contributed by atoms with van der Waals surface area (Å²) in [4.78, 5) is 8.98. The van der Waals surface area contributed by atoms with Gasteiger partial charge in [0.05, 0.1) is 6.04 Å². The Hall–Kier alpha value is -1.69. The van der Waals surface area contributed by atoms with Crippen LogP contribution in [0.5, 0.6) is 0 Å². The summed E-state index contributed by atoms with van der Waals surface area (Å²) in [6, 6.07) is 5.45. The first-order chi connectivity index (χ1) is 11.6. The zero-order valence-electron chi connectivity index (χ0n) is 15.0. The van der Waals surface area contributed by atoms with E-state index in [0.717, 1.165) is 12.8 Å². The number of halogens is 1. The van der Waals surface area contributed by atoms with Crippen molar-refractivity contribution in [3.63, 3.8) is 0 Å². The van der Waals surface area contributed by atoms with Gasteiger partial charge in [0.25, 0.3) is 0 Å². The molecule has 25 heavy (non-hydrogen) atoms. The lowest BCUT2D eigenvalue weighted by molar-refractivity contribution is -0.221. The molecule has 2 rings (SSSR count). The van der Waals surface area contributed by atoms with E-state index in [1.165, 1.54) is 5.06 Å². The zero-order valence-corrected chi connectivity index (χ0v) is 16.6. The van der Waals surface area contributed by atoms with Crippen molar-refractivity contribution in [2.75, 3.05) is 5.32 Å². The molecule has 136 valence electrons. The van der Waals surface area contributed by atoms with Crippen molar-refractivity contribution in [2.24, 2.45) is 4.99 Å². The molecule has 1 saturated heterocycles. The van der Waals surface area contributed by atoms with E-state index in [1.54, 1.807) is 6.07 Å². The number of hydrogen-bond acceptors (Lipinski definition) is 5. The fourth-order valence-corrected chi connectivity index (χ4v) is 3.59. The highest BCUT2D eigenvalue weighted by Gasteiger charge is 2.41. The maximum atomic E-state index is 10.6. The van der Waals surface area contributed by atoms with Gasteiger partial charge in [0.2, 0.25) is 5.96 Å². The minimum Gasteiger partial charge on any atom is -0.313 e. The summed E-state index contributed by atoms with van der Waals surface area (Å²) >= 11 is 3.32. The van der Waals surface area contributed by atoms with Crippen LogP contribution < -0.4 is 10.6 Å². The van der Waals surface area contributed by atoms with Gasteiger partial charge in [0.1, 0.15) is 10.4 Å². The summed E-state index contributed by atoms with van der Waals surface area (Å²) in [6.07, 6.45) is 4.21. The third-order valence-electron chi connectivity index (χ3n) is 4.42. The average molecular weight is 409 g/mol. The number of anilines is 1. The molecule has 2 heterocycles. The molecule has 1 aromatic rings. The highest BCUT2D eigenvalue weighted by molar-refractivity contribution is 9.10. The maximum absolute atomic E-state index is 10.6. The largest absolute Gasteiger partial charge is 0.313 e. The van der Waals surface area contributed by atoms with Crippen LogP contribution in [-0.4, -0.2) is 38.3 Å². The number of rotatable bonds is 2. The van der Waals surface area contributed by atoms with Crippen LogP contribution in [0.2, 0.25) is 0 Å². The Kier molecular flexibility index (Phi) is 6.03. The van der Waals surface area contributed by atoms with Crippen LogP contribution >= 0.6 is 15.9 Å². The van der Waals surface area contributed by atoms with Crippen LogP contribution in [0, 0.1) is 11.5 Å². The lowest BCUT2D eigenvalue weighted by Gasteiger charge is -2.42. The molecule has 0 aromatic carbocycles. The highest BCUT2D eigenvalue weighted by Crippen LogP contribution is 2.36. The lowest BCUT2D eigenvalue weighted by atomic mass is 9.94. The number of nitrogens with one attached hydrogen (secondary N) is 2. The summed E-state index contributed by atoms with van der Waals surface area (Å²) in [5.41, 5.74) is -0.740. The molecular weight excluding hydrogens is 384 g/mol. The SMILES string of the molecule is CC1(C)CCC(N=C(NC#N)Nc2cccc(Br)n2)CC(C)(C)N1O. The number of hydroxylamine groups is 2. The Balaban J connectivity index is 2.23. The topological polar surface area (TPSA) is 96.6 Å². The molecule has 1 atom stereocenters. The Bertz CT molecular complexity index is 682. The predicted molar refractivity (Wildman–Crippen MR) is 101 cm³/mol. The van der Waals surface area contributed by atoms with Crippen LogP contribution in [-0.2, 0) is 0 Å². The Morgan fingerprint density at radius 3 is 2.76 bits per heavy atom. The third kappa shape index (κ3) is 5.14. The molecule has 0 aliphatic carbocycles. The van der Waals surface area contributed by atoms with Crippen molar-refractivity contribution in [3.8, 4) is 6.19 Å². The number of nitrogens with zero attached hydrogens (tertiary/aromatic N) is 4. The lowest BCUT2D eigenvalue weighted by Crippen LogP contribution is -2.52. The van der Waals surface area contributed by atoms with E-state index in [2.05, 4.69) is 36.5 Å². The zero-order chi connectivity index (χ0) is 18.7. The summed E-state index contributed by atoms with van der Waals surface area (Å²) in [6.45, 7) is 8.06. The molecular formula is C17H25BrN6O. The van der Waals surface area contributed by atoms with Crippen LogP contribution in [0.3, 0.4) is 0 Å². The number of guanidine groups is 1. The van der Waals surface area contributed by atoms with Gasteiger partial charge in [0, 0.05) is 11.1 Å². The standard InChI is InChI=1S/C17H25BrN6O/c1-16(2)9-8-12(10-17(3,4)24(16)25)21-15(20-11-19)23-14-7-5-6-13(18)22-14/h5-7,12,25H,8-10H2,1-4H3,(H2,20,21,22,23). The summed E-state index contributed by atoms with van der Waals surface area (Å²) < 4.78 is 0.696. The summed E-state index contributed by atoms with van der Waals surface area (Å²) in [7, 11) is 0. The maximum Gasteiger partial charge on any atom is 0.210 e. The summed E-state index contributed by atoms with van der Waals surface area (Å²) in [5.74, 6) is 0.950. The van der Waals surface area contributed by atoms with E-state index >= 15 is 0 Å². The van der Waals surface area contributed by atoms with Gasteiger partial charge in [-0.2, -0.15) is 10.3 Å². The quantitative estimate of drug-likeness (QED) is 0.228. The highest BCUT2D eigenvalue weighted by atomic mass is 79.9. The minimum absolute atomic E-state index is 0.0260. The van der Waals surface area contributed by atoms with E-state index < -0.39 is 5.54 Å². The van der Waals surface area contributed by atoms with Crippen molar-refractivity contribution in [1.29, 1.82) is 5.26 Å². The second-order valence-corrected chi connectivity index (χ2v) is 8.33. The van der Waals surface area contributed by atoms with E-state index in [0.29, 0.717) is 22.8 Å². The molecule has 1 fully saturated rings. The van der Waals surface area contributed by atoms with Crippen molar-refractivity contribution < 1.29 is 5.21 Å². The monoisotopic (exact) mass is 408 g/mol. The van der Waals surface area contributed by atoms with Crippen molar-refractivity contribution in [1.82, 2.24) is 15.4 Å². The molecule has 3 N–H and O–H groups in total. The van der Waals surface area contributed by atoms with Gasteiger partial charge in [-0.25, -0.2) is 9.98 Å². The van der Waals surface area contributed by atoms with Gasteiger partial charge in [0.15, 0.2) is 6.19 Å². The van der Waals surface area contributed by atoms with E-state index in [9.17, 15) is 5.21 Å². The van der Waals surface area contributed by atoms with Crippen molar-refractivity contribution >= 4 is 27.7 Å². The van der Waals surface area contributed by atoms with Crippen LogP contribution in [0.15, 0.2) is 27.8 Å². The molecule has 7 nitrogen and oxygen atoms in total. The Morgan fingerprint density at radius 2 is 2.12 bits per heavy atom. The molecule has 1 unspecified atom stereocenters. The fraction of sp³-hybridized carbons (Fsp3) is 0.588. The fourth-order valence-electron chi connectivity index (χ4n) is 3.25. The molecule has 0 radical (unpaired) electrons. The molecule has 0 bridgehead atoms. The van der Waals surface area contributed by atoms with Crippen molar-refractivity contribution in [3.05, 3.63) is 22.8 Å². The predicted octanol–water partition coefficient (Wildman–Crippen LogP) is 3.48. The molecule has 1 aromatic heterocycles. The van der Waals surface area contributed by atoms with Crippen LogP contribution in [0.25, 0.3) is 0 Å². The second kappa shape index (κ2) is 7.68. The average Bonchev–Trinajstić information content (AvgIpc) is 2.58. The normalized spacial score (nSPS) is 23.4. The van der Waals surface area contributed by atoms with Gasteiger partial charge < -0.3 is 10.5 Å². The van der Waals surface area contributed by atoms with Crippen LogP contribution in [0.1, 0.15) is 47.0 Å². The van der Waals surface area contributed by atoms with Gasteiger partial charge in [-0.3, -0.25) is 5.32 Å². The first-order valence-electron chi connectivity index (χ1n) is 8.26. The molecule has 0 spiro atoms. The molecule has 8 heteroatoms. The number of nitriles is 1. The molecule has 1 aliphatic rings. The number of aromatic nitrogens is 1. The molecule has 1 aliphatic heterocycles. The van der Waals surface area contributed by atoms with Gasteiger partial charge in [-0.05, 0) is 75.0 Å². The van der Waals surface area contributed by atoms with Crippen molar-refractivity contribution in [2.45, 2.75) is 64.1 Å². The van der Waals surface area contributed by atoms with Gasteiger partial charge in [-0.1, -0.05) is 6.07 Å². The molecule has 0 amide bonds. The van der Waals surface area contributed by atoms with Gasteiger partial charge in [-0.15, -0.1) is 0 Å². The van der Waals surface area contributed by atoms with Crippen LogP contribution in [0.4, 0.5) is 5.82 Å². The number of hydrogen-bond donors (Lipinski definition) is 3. The third-order valence-corrected chi connectivity index (χ3v) is 4.86. The Morgan fingerprint density at radius 1 is 1.40 bits per heavy atom.